The molecule has 1 aromatic carbocycles. The van der Waals surface area contributed by atoms with Gasteiger partial charge in [0.2, 0.25) is 29.5 Å². The smallest absolute Gasteiger partial charge is 0.407 e. The van der Waals surface area contributed by atoms with Gasteiger partial charge in [-0.05, 0) is 84.9 Å². The number of amides is 8. The molecule has 1 aliphatic heterocycles. The Morgan fingerprint density at radius 2 is 1.33 bits per heavy atom. The molecule has 61 heavy (non-hydrogen) atoms. The summed E-state index contributed by atoms with van der Waals surface area (Å²) in [4.78, 5) is 125. The summed E-state index contributed by atoms with van der Waals surface area (Å²) in [5, 5.41) is 34.9. The van der Waals surface area contributed by atoms with Crippen molar-refractivity contribution in [2.45, 2.75) is 123 Å². The molecule has 21 nitrogen and oxygen atoms in total. The molecule has 0 unspecified atom stereocenters. The van der Waals surface area contributed by atoms with Crippen LogP contribution in [0.1, 0.15) is 86.1 Å². The molecule has 0 saturated carbocycles. The van der Waals surface area contributed by atoms with Gasteiger partial charge in [-0.25, -0.2) is 4.79 Å². The van der Waals surface area contributed by atoms with Crippen molar-refractivity contribution >= 4 is 65.1 Å². The number of carboxylic acid groups (broad SMARTS) is 1. The number of phenolic OH excluding ortho intramolecular Hbond substituents is 1. The normalized spacial score (nSPS) is 15.2. The van der Waals surface area contributed by atoms with E-state index in [0.29, 0.717) is 5.56 Å². The number of carbonyl (C=O) groups excluding carboxylic acids is 9. The van der Waals surface area contributed by atoms with Gasteiger partial charge in [-0.1, -0.05) is 13.0 Å². The van der Waals surface area contributed by atoms with Crippen LogP contribution >= 0.6 is 0 Å². The highest BCUT2D eigenvalue weighted by Gasteiger charge is 2.29. The molecule has 0 fully saturated rings. The zero-order valence-electron chi connectivity index (χ0n) is 35.5. The minimum atomic E-state index is -1.28. The van der Waals surface area contributed by atoms with Gasteiger partial charge < -0.3 is 51.6 Å². The number of anilines is 1. The third kappa shape index (κ3) is 17.7. The van der Waals surface area contributed by atoms with Crippen LogP contribution in [0.2, 0.25) is 0 Å². The van der Waals surface area contributed by atoms with E-state index in [-0.39, 0.29) is 56.5 Å². The first kappa shape index (κ1) is 50.6. The first-order valence-corrected chi connectivity index (χ1v) is 19.6. The molecular formula is C40H57N7O14. The first-order valence-electron chi connectivity index (χ1n) is 19.6. The van der Waals surface area contributed by atoms with Gasteiger partial charge in [0.05, 0.1) is 18.7 Å². The van der Waals surface area contributed by atoms with Crippen molar-refractivity contribution in [3.63, 3.8) is 0 Å². The highest BCUT2D eigenvalue weighted by atomic mass is 16.6. The molecule has 0 spiro atoms. The Balaban J connectivity index is 1.99. The molecule has 1 aromatic rings. The molecule has 336 valence electrons. The van der Waals surface area contributed by atoms with Crippen LogP contribution in [0.15, 0.2) is 30.4 Å². The highest BCUT2D eigenvalue weighted by Crippen LogP contribution is 2.26. The molecule has 8 N–H and O–H groups in total. The average Bonchev–Trinajstić information content (AvgIpc) is 3.48. The summed E-state index contributed by atoms with van der Waals surface area (Å²) in [6, 6.07) is -1.38. The fourth-order valence-electron chi connectivity index (χ4n) is 5.67. The van der Waals surface area contributed by atoms with Gasteiger partial charge in [-0.15, -0.1) is 0 Å². The van der Waals surface area contributed by atoms with Gasteiger partial charge in [-0.2, -0.15) is 0 Å². The Morgan fingerprint density at radius 1 is 0.770 bits per heavy atom. The lowest BCUT2D eigenvalue weighted by atomic mass is 9.96. The number of nitrogens with zero attached hydrogens (tertiary/aromatic N) is 1. The van der Waals surface area contributed by atoms with Crippen molar-refractivity contribution in [1.29, 1.82) is 0 Å². The molecule has 0 saturated heterocycles. The summed E-state index contributed by atoms with van der Waals surface area (Å²) >= 11 is 0. The summed E-state index contributed by atoms with van der Waals surface area (Å²) in [5.41, 5.74) is -0.328. The molecule has 0 radical (unpaired) electrons. The number of hydrogen-bond donors (Lipinski definition) is 8. The number of aromatic hydroxyl groups is 1. The van der Waals surface area contributed by atoms with E-state index in [1.165, 1.54) is 45.9 Å². The second-order valence-corrected chi connectivity index (χ2v) is 15.6. The number of esters is 1. The van der Waals surface area contributed by atoms with Crippen LogP contribution in [0.4, 0.5) is 10.5 Å². The van der Waals surface area contributed by atoms with Crippen LogP contribution in [0.3, 0.4) is 0 Å². The predicted molar refractivity (Wildman–Crippen MR) is 216 cm³/mol. The van der Waals surface area contributed by atoms with E-state index in [9.17, 15) is 58.2 Å². The summed E-state index contributed by atoms with van der Waals surface area (Å²) in [5.74, 6) is -7.68. The molecule has 1 heterocycles. The van der Waals surface area contributed by atoms with Crippen LogP contribution < -0.4 is 31.9 Å². The monoisotopic (exact) mass is 859 g/mol. The van der Waals surface area contributed by atoms with Gasteiger partial charge in [0.25, 0.3) is 11.8 Å². The lowest BCUT2D eigenvalue weighted by Gasteiger charge is -2.25. The number of carboxylic acids is 1. The number of hydrogen-bond acceptors (Lipinski definition) is 13. The maximum Gasteiger partial charge on any atom is 0.407 e. The number of alkyl carbamates (subject to hydrolysis) is 1. The summed E-state index contributed by atoms with van der Waals surface area (Å²) in [6.07, 6.45) is 1.10. The minimum absolute atomic E-state index is 0.0301. The maximum atomic E-state index is 13.2. The maximum absolute atomic E-state index is 13.2. The summed E-state index contributed by atoms with van der Waals surface area (Å²) < 4.78 is 9.94. The van der Waals surface area contributed by atoms with E-state index in [1.807, 2.05) is 0 Å². The van der Waals surface area contributed by atoms with Gasteiger partial charge >= 0.3 is 18.0 Å². The Labute approximate surface area is 353 Å². The first-order chi connectivity index (χ1) is 28.4. The third-order valence-electron chi connectivity index (χ3n) is 9.04. The number of carbonyl (C=O) groups is 10. The van der Waals surface area contributed by atoms with Crippen molar-refractivity contribution < 1.29 is 67.6 Å². The van der Waals surface area contributed by atoms with E-state index in [2.05, 4.69) is 36.6 Å². The molecule has 0 bridgehead atoms. The van der Waals surface area contributed by atoms with Crippen molar-refractivity contribution in [2.75, 3.05) is 19.0 Å². The number of benzene rings is 1. The fourth-order valence-corrected chi connectivity index (χ4v) is 5.67. The molecule has 2 rings (SSSR count). The van der Waals surface area contributed by atoms with Gasteiger partial charge in [0.15, 0.2) is 0 Å². The molecular weight excluding hydrogens is 802 g/mol. The zero-order valence-corrected chi connectivity index (χ0v) is 35.5. The largest absolute Gasteiger partial charge is 0.506 e. The number of aliphatic carboxylic acids is 1. The average molecular weight is 860 g/mol. The number of ether oxygens (including phenoxy) is 2. The van der Waals surface area contributed by atoms with Crippen molar-refractivity contribution in [1.82, 2.24) is 31.5 Å². The van der Waals surface area contributed by atoms with E-state index in [1.54, 1.807) is 20.8 Å². The summed E-state index contributed by atoms with van der Waals surface area (Å²) in [6.45, 7) is 10.5. The van der Waals surface area contributed by atoms with Crippen LogP contribution in [0.25, 0.3) is 0 Å². The number of nitrogens with one attached hydrogen (secondary N) is 6. The number of imide groups is 1. The van der Waals surface area contributed by atoms with Crippen molar-refractivity contribution in [2.24, 2.45) is 5.92 Å². The van der Waals surface area contributed by atoms with Crippen molar-refractivity contribution in [3.8, 4) is 5.75 Å². The van der Waals surface area contributed by atoms with Crippen LogP contribution in [0, 0.1) is 5.92 Å². The number of phenols is 1. The fraction of sp³-hybridized carbons (Fsp3) is 0.550. The van der Waals surface area contributed by atoms with Crippen LogP contribution in [-0.4, -0.2) is 124 Å². The van der Waals surface area contributed by atoms with Gasteiger partial charge in [0, 0.05) is 37.6 Å². The second kappa shape index (κ2) is 23.3. The Morgan fingerprint density at radius 3 is 1.87 bits per heavy atom. The third-order valence-corrected chi connectivity index (χ3v) is 9.04. The number of rotatable bonds is 22. The van der Waals surface area contributed by atoms with Crippen molar-refractivity contribution in [3.05, 3.63) is 35.9 Å². The second-order valence-electron chi connectivity index (χ2n) is 15.6. The zero-order chi connectivity index (χ0) is 46.2. The SMILES string of the molecule is COC(=O)CC[C@H](NC(=O)CCCN1C(=O)C=CC1=O)C(=O)N[C@@H](C)C(=O)N[C@@H](C)C(=O)N[C@@H](C)C(=O)Nc1cc(C[C@@H](C[C@H](C)C(=O)O)NC(=O)OC(C)(C)C)ccc1O. The lowest BCUT2D eigenvalue weighted by Crippen LogP contribution is -2.56. The molecule has 1 aliphatic rings. The van der Waals surface area contributed by atoms with E-state index < -0.39 is 101 Å². The van der Waals surface area contributed by atoms with Gasteiger partial charge in [-0.3, -0.25) is 48.1 Å². The minimum Gasteiger partial charge on any atom is -0.506 e. The topological polar surface area (TPSA) is 305 Å². The van der Waals surface area contributed by atoms with Crippen LogP contribution in [0.5, 0.6) is 5.75 Å². The summed E-state index contributed by atoms with van der Waals surface area (Å²) in [7, 11) is 1.15. The standard InChI is InChI=1S/C40H57N7O14/c1-21(38(57)58)18-26(44-39(59)61-40(5,6)7)19-25-11-13-29(48)28(20-25)46-36(55)24(4)42-34(53)22(2)41-35(54)23(3)43-37(56)27(12-16-33(52)60-8)45-30(49)10-9-17-47-31(50)14-15-32(47)51/h11,13-15,20-24,26-27,48H,9-10,12,16-19H2,1-8H3,(H,41,54)(H,42,53)(H,43,56)(H,44,59)(H,45,49)(H,46,55)(H,57,58)/t21-,22-,23-,24-,26+,27-/m0/s1. The Bertz CT molecular complexity index is 1840. The van der Waals surface area contributed by atoms with E-state index in [4.69, 9.17) is 4.74 Å². The molecule has 0 aliphatic carbocycles. The molecule has 21 heteroatoms. The highest BCUT2D eigenvalue weighted by molar-refractivity contribution is 6.12. The molecule has 6 atom stereocenters. The predicted octanol–water partition coefficient (Wildman–Crippen LogP) is 0.535. The number of methoxy groups -OCH3 is 1. The molecule has 0 aromatic heterocycles. The Hall–Kier alpha value is -6.54. The molecule has 8 amide bonds. The van der Waals surface area contributed by atoms with Crippen LogP contribution in [-0.2, 0) is 59.0 Å². The van der Waals surface area contributed by atoms with Gasteiger partial charge in [0.1, 0.15) is 35.5 Å². The van der Waals surface area contributed by atoms with E-state index in [0.717, 1.165) is 24.2 Å². The Kier molecular flexibility index (Phi) is 19.3. The van der Waals surface area contributed by atoms with E-state index >= 15 is 0 Å². The lowest BCUT2D eigenvalue weighted by molar-refractivity contribution is -0.142. The quantitative estimate of drug-likeness (QED) is 0.0449.